The van der Waals surface area contributed by atoms with Gasteiger partial charge in [-0.25, -0.2) is 4.98 Å². The number of nitrogens with two attached hydrogens (primary N) is 1. The molecule has 0 saturated heterocycles. The second-order valence-electron chi connectivity index (χ2n) is 5.54. The fraction of sp³-hybridized carbons (Fsp3) is 0.467. The fourth-order valence-corrected chi connectivity index (χ4v) is 3.82. The zero-order valence-electron chi connectivity index (χ0n) is 12.0. The van der Waals surface area contributed by atoms with E-state index in [4.69, 9.17) is 10.5 Å². The molecule has 0 radical (unpaired) electrons. The zero-order valence-corrected chi connectivity index (χ0v) is 12.9. The van der Waals surface area contributed by atoms with Crippen molar-refractivity contribution in [2.24, 2.45) is 11.1 Å². The topological polar surface area (TPSA) is 69.6 Å². The highest BCUT2D eigenvalue weighted by Gasteiger charge is 2.44. The third-order valence-electron chi connectivity index (χ3n) is 4.00. The molecule has 0 amide bonds. The number of hydrogen-bond acceptors (Lipinski definition) is 5. The van der Waals surface area contributed by atoms with E-state index >= 15 is 0 Å². The first-order valence-corrected chi connectivity index (χ1v) is 8.02. The van der Waals surface area contributed by atoms with Crippen molar-refractivity contribution in [1.82, 2.24) is 9.38 Å². The molecule has 1 saturated carbocycles. The van der Waals surface area contributed by atoms with Gasteiger partial charge < -0.3 is 14.9 Å². The van der Waals surface area contributed by atoms with Crippen molar-refractivity contribution >= 4 is 23.4 Å². The van der Waals surface area contributed by atoms with Crippen LogP contribution in [-0.4, -0.2) is 28.2 Å². The molecule has 3 rings (SSSR count). The molecule has 0 aromatic carbocycles. The van der Waals surface area contributed by atoms with Crippen LogP contribution in [0.15, 0.2) is 29.4 Å². The van der Waals surface area contributed by atoms with Gasteiger partial charge in [-0.15, -0.1) is 11.8 Å². The number of pyridine rings is 1. The highest BCUT2D eigenvalue weighted by Crippen LogP contribution is 2.52. The van der Waals surface area contributed by atoms with Crippen molar-refractivity contribution in [2.75, 3.05) is 12.9 Å². The van der Waals surface area contributed by atoms with Gasteiger partial charge >= 0.3 is 5.97 Å². The van der Waals surface area contributed by atoms with E-state index in [9.17, 15) is 4.79 Å². The van der Waals surface area contributed by atoms with Gasteiger partial charge in [0.15, 0.2) is 0 Å². The van der Waals surface area contributed by atoms with Crippen molar-refractivity contribution in [1.29, 1.82) is 0 Å². The van der Waals surface area contributed by atoms with E-state index in [-0.39, 0.29) is 11.4 Å². The summed E-state index contributed by atoms with van der Waals surface area (Å²) in [5.41, 5.74) is 7.91. The summed E-state index contributed by atoms with van der Waals surface area (Å²) in [6.45, 7) is 0.456. The number of rotatable bonds is 6. The van der Waals surface area contributed by atoms with E-state index in [0.29, 0.717) is 13.0 Å². The first kappa shape index (κ1) is 14.4. The molecular formula is C15H19N3O2S. The molecule has 0 bridgehead atoms. The fourth-order valence-electron chi connectivity index (χ4n) is 2.48. The molecule has 0 spiro atoms. The Morgan fingerprint density at radius 3 is 3.00 bits per heavy atom. The molecule has 0 unspecified atom stereocenters. The molecule has 21 heavy (non-hydrogen) atoms. The lowest BCUT2D eigenvalue weighted by atomic mass is 10.1. The molecule has 1 aliphatic carbocycles. The lowest BCUT2D eigenvalue weighted by Crippen LogP contribution is -2.13. The number of ether oxygens (including phenoxy) is 1. The van der Waals surface area contributed by atoms with Crippen molar-refractivity contribution in [3.8, 4) is 0 Å². The number of aromatic nitrogens is 2. The van der Waals surface area contributed by atoms with Gasteiger partial charge in [0.2, 0.25) is 0 Å². The SMILES string of the molecule is COC(=O)CC1(CSc2nc3ccccn3c2CN)CC1. The monoisotopic (exact) mass is 305 g/mol. The van der Waals surface area contributed by atoms with Crippen LogP contribution < -0.4 is 5.73 Å². The Kier molecular flexibility index (Phi) is 3.91. The minimum absolute atomic E-state index is 0.0967. The van der Waals surface area contributed by atoms with E-state index in [1.54, 1.807) is 11.8 Å². The van der Waals surface area contributed by atoms with Gasteiger partial charge in [-0.05, 0) is 30.4 Å². The predicted octanol–water partition coefficient (Wildman–Crippen LogP) is 2.23. The molecule has 6 heteroatoms. The second-order valence-corrected chi connectivity index (χ2v) is 6.50. The van der Waals surface area contributed by atoms with Gasteiger partial charge in [0.1, 0.15) is 10.7 Å². The number of imidazole rings is 1. The molecule has 0 aliphatic heterocycles. The summed E-state index contributed by atoms with van der Waals surface area (Å²) in [6, 6.07) is 5.92. The third kappa shape index (κ3) is 2.91. The Morgan fingerprint density at radius 1 is 1.52 bits per heavy atom. The number of carbonyl (C=O) groups is 1. The van der Waals surface area contributed by atoms with Crippen LogP contribution >= 0.6 is 11.8 Å². The minimum atomic E-state index is -0.123. The van der Waals surface area contributed by atoms with Crippen LogP contribution in [0.1, 0.15) is 25.0 Å². The molecule has 5 nitrogen and oxygen atoms in total. The van der Waals surface area contributed by atoms with E-state index in [1.165, 1.54) is 7.11 Å². The van der Waals surface area contributed by atoms with Gasteiger partial charge in [0.05, 0.1) is 19.2 Å². The normalized spacial score (nSPS) is 16.1. The van der Waals surface area contributed by atoms with E-state index in [0.717, 1.165) is 35.0 Å². The Morgan fingerprint density at radius 2 is 2.33 bits per heavy atom. The molecule has 0 atom stereocenters. The van der Waals surface area contributed by atoms with Crippen LogP contribution in [-0.2, 0) is 16.1 Å². The Bertz CT molecular complexity index is 664. The Balaban J connectivity index is 1.75. The summed E-state index contributed by atoms with van der Waals surface area (Å²) >= 11 is 1.70. The van der Waals surface area contributed by atoms with E-state index in [1.807, 2.05) is 28.8 Å². The van der Waals surface area contributed by atoms with E-state index < -0.39 is 0 Å². The summed E-state index contributed by atoms with van der Waals surface area (Å²) in [4.78, 5) is 16.1. The number of thioether (sulfide) groups is 1. The highest BCUT2D eigenvalue weighted by atomic mass is 32.2. The third-order valence-corrected chi connectivity index (χ3v) is 5.36. The Labute approximate surface area is 127 Å². The molecule has 1 aliphatic rings. The lowest BCUT2D eigenvalue weighted by molar-refractivity contribution is -0.141. The van der Waals surface area contributed by atoms with Crippen molar-refractivity contribution < 1.29 is 9.53 Å². The molecule has 2 heterocycles. The van der Waals surface area contributed by atoms with Gasteiger partial charge in [0, 0.05) is 18.5 Å². The lowest BCUT2D eigenvalue weighted by Gasteiger charge is -2.12. The average molecular weight is 305 g/mol. The number of nitrogens with zero attached hydrogens (tertiary/aromatic N) is 2. The summed E-state index contributed by atoms with van der Waals surface area (Å²) in [7, 11) is 1.44. The van der Waals surface area contributed by atoms with Crippen LogP contribution in [0.25, 0.3) is 5.65 Å². The van der Waals surface area contributed by atoms with Gasteiger partial charge in [-0.2, -0.15) is 0 Å². The number of hydrogen-bond donors (Lipinski definition) is 1. The standard InChI is InChI=1S/C15H19N3O2S/c1-20-13(19)8-15(5-6-15)10-21-14-11(9-16)18-7-3-2-4-12(18)17-14/h2-4,7H,5-6,8-10,16H2,1H3. The van der Waals surface area contributed by atoms with Crippen LogP contribution in [0.2, 0.25) is 0 Å². The maximum absolute atomic E-state index is 11.5. The van der Waals surface area contributed by atoms with Crippen LogP contribution in [0, 0.1) is 5.41 Å². The molecule has 2 aromatic rings. The number of esters is 1. The smallest absolute Gasteiger partial charge is 0.306 e. The first-order chi connectivity index (χ1) is 10.2. The molecule has 112 valence electrons. The largest absolute Gasteiger partial charge is 0.469 e. The maximum Gasteiger partial charge on any atom is 0.306 e. The van der Waals surface area contributed by atoms with Crippen LogP contribution in [0.5, 0.6) is 0 Å². The van der Waals surface area contributed by atoms with Crippen molar-refractivity contribution in [3.63, 3.8) is 0 Å². The first-order valence-electron chi connectivity index (χ1n) is 7.03. The predicted molar refractivity (Wildman–Crippen MR) is 82.1 cm³/mol. The summed E-state index contributed by atoms with van der Waals surface area (Å²) < 4.78 is 6.81. The number of methoxy groups -OCH3 is 1. The van der Waals surface area contributed by atoms with Crippen LogP contribution in [0.4, 0.5) is 0 Å². The van der Waals surface area contributed by atoms with Gasteiger partial charge in [-0.1, -0.05) is 6.07 Å². The minimum Gasteiger partial charge on any atom is -0.469 e. The average Bonchev–Trinajstić information content (AvgIpc) is 3.16. The van der Waals surface area contributed by atoms with Gasteiger partial charge in [-0.3, -0.25) is 4.79 Å². The highest BCUT2D eigenvalue weighted by molar-refractivity contribution is 7.99. The summed E-state index contributed by atoms with van der Waals surface area (Å²) in [6.07, 6.45) is 4.65. The maximum atomic E-state index is 11.5. The summed E-state index contributed by atoms with van der Waals surface area (Å²) in [5.74, 6) is 0.765. The number of carbonyl (C=O) groups excluding carboxylic acids is 1. The molecule has 2 aromatic heterocycles. The second kappa shape index (κ2) is 5.69. The molecular weight excluding hydrogens is 286 g/mol. The van der Waals surface area contributed by atoms with Crippen molar-refractivity contribution in [3.05, 3.63) is 30.1 Å². The van der Waals surface area contributed by atoms with E-state index in [2.05, 4.69) is 4.98 Å². The molecule has 1 fully saturated rings. The van der Waals surface area contributed by atoms with Gasteiger partial charge in [0.25, 0.3) is 0 Å². The summed E-state index contributed by atoms with van der Waals surface area (Å²) in [5, 5.41) is 0.972. The van der Waals surface area contributed by atoms with Crippen molar-refractivity contribution in [2.45, 2.75) is 30.8 Å². The number of fused-ring (bicyclic) bond motifs is 1. The van der Waals surface area contributed by atoms with Crippen LogP contribution in [0.3, 0.4) is 0 Å². The Hall–Kier alpha value is -1.53. The molecule has 2 N–H and O–H groups in total. The zero-order chi connectivity index (χ0) is 14.9. The quantitative estimate of drug-likeness (QED) is 0.654.